The molecule has 1 saturated heterocycles. The lowest BCUT2D eigenvalue weighted by Crippen LogP contribution is -2.27. The Morgan fingerprint density at radius 2 is 2.18 bits per heavy atom. The molecular weight excluding hydrogens is 292 g/mol. The smallest absolute Gasteiger partial charge is 0.164 e. The number of hydrogen-bond acceptors (Lipinski definition) is 4. The molecule has 1 fully saturated rings. The van der Waals surface area contributed by atoms with Crippen molar-refractivity contribution in [1.82, 2.24) is 19.9 Å². The van der Waals surface area contributed by atoms with Gasteiger partial charge in [-0.05, 0) is 49.9 Å². The summed E-state index contributed by atoms with van der Waals surface area (Å²) in [6, 6.07) is 6.41. The summed E-state index contributed by atoms with van der Waals surface area (Å²) in [5, 5.41) is 10.5. The number of nitrogens with one attached hydrogen (secondary N) is 1. The van der Waals surface area contributed by atoms with Crippen molar-refractivity contribution in [2.24, 2.45) is 0 Å². The first-order valence-corrected chi connectivity index (χ1v) is 8.87. The lowest BCUT2D eigenvalue weighted by Gasteiger charge is -2.23. The number of rotatable bonds is 3. The van der Waals surface area contributed by atoms with Crippen LogP contribution in [0.25, 0.3) is 16.1 Å². The van der Waals surface area contributed by atoms with Crippen molar-refractivity contribution < 1.29 is 0 Å². The summed E-state index contributed by atoms with van der Waals surface area (Å²) in [5.74, 6) is 0.576. The zero-order valence-corrected chi connectivity index (χ0v) is 13.6. The highest BCUT2D eigenvalue weighted by atomic mass is 32.1. The molecule has 22 heavy (non-hydrogen) atoms. The molecule has 5 heteroatoms. The Hall–Kier alpha value is -1.72. The van der Waals surface area contributed by atoms with E-state index in [4.69, 9.17) is 5.10 Å². The standard InChI is InChI=1S/C17H20N4S/c1-2-13-16(15-4-3-11-22-15)17-19-10-7-14(21(17)20-13)12-5-8-18-9-6-12/h3-4,7,10-12,18H,2,5-6,8-9H2,1H3. The van der Waals surface area contributed by atoms with Crippen LogP contribution in [0, 0.1) is 0 Å². The van der Waals surface area contributed by atoms with Gasteiger partial charge in [-0.25, -0.2) is 9.50 Å². The SMILES string of the molecule is CCc1nn2c(C3CCNCC3)ccnc2c1-c1cccs1. The third kappa shape index (κ3) is 2.25. The van der Waals surface area contributed by atoms with Crippen LogP contribution in [0.15, 0.2) is 29.8 Å². The van der Waals surface area contributed by atoms with E-state index in [0.717, 1.165) is 30.9 Å². The van der Waals surface area contributed by atoms with Crippen LogP contribution in [0.4, 0.5) is 0 Å². The van der Waals surface area contributed by atoms with E-state index in [1.165, 1.54) is 29.0 Å². The topological polar surface area (TPSA) is 42.2 Å². The minimum absolute atomic E-state index is 0.576. The van der Waals surface area contributed by atoms with Crippen LogP contribution in [0.1, 0.15) is 37.1 Å². The number of thiophene rings is 1. The second-order valence-corrected chi connectivity index (χ2v) is 6.73. The van der Waals surface area contributed by atoms with Gasteiger partial charge in [0.2, 0.25) is 0 Å². The molecule has 0 saturated carbocycles. The van der Waals surface area contributed by atoms with Gasteiger partial charge in [-0.1, -0.05) is 13.0 Å². The van der Waals surface area contributed by atoms with E-state index < -0.39 is 0 Å². The molecule has 0 unspecified atom stereocenters. The van der Waals surface area contributed by atoms with E-state index >= 15 is 0 Å². The highest BCUT2D eigenvalue weighted by Gasteiger charge is 2.22. The van der Waals surface area contributed by atoms with Crippen molar-refractivity contribution in [3.8, 4) is 10.4 Å². The summed E-state index contributed by atoms with van der Waals surface area (Å²) in [7, 11) is 0. The lowest BCUT2D eigenvalue weighted by atomic mass is 9.94. The van der Waals surface area contributed by atoms with Gasteiger partial charge in [0.15, 0.2) is 5.65 Å². The Bertz CT molecular complexity index is 769. The highest BCUT2D eigenvalue weighted by Crippen LogP contribution is 2.34. The highest BCUT2D eigenvalue weighted by molar-refractivity contribution is 7.13. The molecular formula is C17H20N4S. The molecule has 1 aliphatic heterocycles. The average molecular weight is 312 g/mol. The minimum Gasteiger partial charge on any atom is -0.317 e. The first kappa shape index (κ1) is 13.9. The van der Waals surface area contributed by atoms with Crippen LogP contribution in [-0.2, 0) is 6.42 Å². The molecule has 0 spiro atoms. The Morgan fingerprint density at radius 1 is 1.32 bits per heavy atom. The summed E-state index contributed by atoms with van der Waals surface area (Å²) in [6.45, 7) is 4.35. The Balaban J connectivity index is 1.90. The second-order valence-electron chi connectivity index (χ2n) is 5.78. The minimum atomic E-state index is 0.576. The molecule has 0 aliphatic carbocycles. The Kier molecular flexibility index (Phi) is 3.68. The van der Waals surface area contributed by atoms with Gasteiger partial charge in [0.25, 0.3) is 0 Å². The van der Waals surface area contributed by atoms with Gasteiger partial charge in [-0.15, -0.1) is 11.3 Å². The number of aryl methyl sites for hydroxylation is 1. The predicted octanol–water partition coefficient (Wildman–Crippen LogP) is 3.49. The molecule has 0 radical (unpaired) electrons. The quantitative estimate of drug-likeness (QED) is 0.805. The van der Waals surface area contributed by atoms with Crippen LogP contribution in [0.5, 0.6) is 0 Å². The van der Waals surface area contributed by atoms with Crippen LogP contribution in [0.2, 0.25) is 0 Å². The Labute approximate surface area is 134 Å². The molecule has 4 heterocycles. The number of nitrogens with zero attached hydrogens (tertiary/aromatic N) is 3. The van der Waals surface area contributed by atoms with Gasteiger partial charge in [0, 0.05) is 22.7 Å². The number of piperidine rings is 1. The van der Waals surface area contributed by atoms with E-state index in [9.17, 15) is 0 Å². The van der Waals surface area contributed by atoms with Gasteiger partial charge in [0.1, 0.15) is 0 Å². The fourth-order valence-corrected chi connectivity index (χ4v) is 4.14. The normalized spacial score (nSPS) is 16.4. The van der Waals surface area contributed by atoms with Crippen LogP contribution in [0.3, 0.4) is 0 Å². The molecule has 3 aromatic heterocycles. The maximum absolute atomic E-state index is 4.90. The molecule has 1 aliphatic rings. The van der Waals surface area contributed by atoms with Crippen LogP contribution >= 0.6 is 11.3 Å². The number of aromatic nitrogens is 3. The lowest BCUT2D eigenvalue weighted by molar-refractivity contribution is 0.446. The molecule has 0 amide bonds. The first-order valence-electron chi connectivity index (χ1n) is 7.99. The van der Waals surface area contributed by atoms with Crippen molar-refractivity contribution in [3.63, 3.8) is 0 Å². The molecule has 3 aromatic rings. The predicted molar refractivity (Wildman–Crippen MR) is 90.5 cm³/mol. The molecule has 0 aromatic carbocycles. The maximum atomic E-state index is 4.90. The number of hydrogen-bond donors (Lipinski definition) is 1. The monoisotopic (exact) mass is 312 g/mol. The molecule has 114 valence electrons. The third-order valence-corrected chi connectivity index (χ3v) is 5.37. The van der Waals surface area contributed by atoms with Gasteiger partial charge in [0.05, 0.1) is 11.3 Å². The fraction of sp³-hybridized carbons (Fsp3) is 0.412. The fourth-order valence-electron chi connectivity index (χ4n) is 3.35. The molecule has 4 nitrogen and oxygen atoms in total. The third-order valence-electron chi connectivity index (χ3n) is 4.48. The molecule has 0 bridgehead atoms. The number of fused-ring (bicyclic) bond motifs is 1. The van der Waals surface area contributed by atoms with E-state index in [2.05, 4.69) is 45.3 Å². The molecule has 1 N–H and O–H groups in total. The van der Waals surface area contributed by atoms with Gasteiger partial charge >= 0.3 is 0 Å². The molecule has 0 atom stereocenters. The van der Waals surface area contributed by atoms with Crippen LogP contribution < -0.4 is 5.32 Å². The zero-order chi connectivity index (χ0) is 14.9. The van der Waals surface area contributed by atoms with E-state index in [1.54, 1.807) is 11.3 Å². The second kappa shape index (κ2) is 5.82. The van der Waals surface area contributed by atoms with E-state index in [0.29, 0.717) is 5.92 Å². The summed E-state index contributed by atoms with van der Waals surface area (Å²) < 4.78 is 2.10. The average Bonchev–Trinajstić information content (AvgIpc) is 3.21. The summed E-state index contributed by atoms with van der Waals surface area (Å²) in [5.41, 5.74) is 4.68. The molecule has 4 rings (SSSR count). The van der Waals surface area contributed by atoms with E-state index in [-0.39, 0.29) is 0 Å². The van der Waals surface area contributed by atoms with Crippen molar-refractivity contribution in [1.29, 1.82) is 0 Å². The van der Waals surface area contributed by atoms with Crippen molar-refractivity contribution in [3.05, 3.63) is 41.2 Å². The maximum Gasteiger partial charge on any atom is 0.164 e. The van der Waals surface area contributed by atoms with Gasteiger partial charge in [-0.2, -0.15) is 5.10 Å². The summed E-state index contributed by atoms with van der Waals surface area (Å²) >= 11 is 1.76. The largest absolute Gasteiger partial charge is 0.317 e. The van der Waals surface area contributed by atoms with E-state index in [1.807, 2.05) is 6.20 Å². The van der Waals surface area contributed by atoms with Gasteiger partial charge < -0.3 is 5.32 Å². The zero-order valence-electron chi connectivity index (χ0n) is 12.7. The summed E-state index contributed by atoms with van der Waals surface area (Å²) in [6.07, 6.45) is 5.23. The van der Waals surface area contributed by atoms with Crippen molar-refractivity contribution in [2.45, 2.75) is 32.1 Å². The van der Waals surface area contributed by atoms with Crippen molar-refractivity contribution in [2.75, 3.05) is 13.1 Å². The van der Waals surface area contributed by atoms with Gasteiger partial charge in [-0.3, -0.25) is 0 Å². The first-order chi connectivity index (χ1) is 10.9. The van der Waals surface area contributed by atoms with Crippen LogP contribution in [-0.4, -0.2) is 27.7 Å². The Morgan fingerprint density at radius 3 is 2.91 bits per heavy atom. The summed E-state index contributed by atoms with van der Waals surface area (Å²) in [4.78, 5) is 5.92. The van der Waals surface area contributed by atoms with Crippen molar-refractivity contribution >= 4 is 17.0 Å².